The van der Waals surface area contributed by atoms with Gasteiger partial charge in [-0.15, -0.1) is 0 Å². The predicted molar refractivity (Wildman–Crippen MR) is 101 cm³/mol. The molecule has 138 valence electrons. The molecule has 6 nitrogen and oxygen atoms in total. The molecule has 0 atom stereocenters. The maximum absolute atomic E-state index is 11.2. The predicted octanol–water partition coefficient (Wildman–Crippen LogP) is 4.17. The SMILES string of the molecule is COc1cnc(C=C(C#N)c2cccc(C(=O)O)c2)cc1OC1CCCC1. The highest BCUT2D eigenvalue weighted by atomic mass is 16.5. The quantitative estimate of drug-likeness (QED) is 0.773. The van der Waals surface area contributed by atoms with E-state index in [-0.39, 0.29) is 11.7 Å². The van der Waals surface area contributed by atoms with E-state index >= 15 is 0 Å². The Labute approximate surface area is 157 Å². The molecular weight excluding hydrogens is 344 g/mol. The number of aromatic carboxylic acids is 1. The van der Waals surface area contributed by atoms with Gasteiger partial charge in [-0.1, -0.05) is 12.1 Å². The maximum atomic E-state index is 11.2. The largest absolute Gasteiger partial charge is 0.491 e. The third-order valence-electron chi connectivity index (χ3n) is 4.50. The van der Waals surface area contributed by atoms with Crippen LogP contribution < -0.4 is 9.47 Å². The fourth-order valence-corrected chi connectivity index (χ4v) is 3.10. The van der Waals surface area contributed by atoms with Gasteiger partial charge in [-0.3, -0.25) is 4.98 Å². The number of carbonyl (C=O) groups is 1. The second-order valence-electron chi connectivity index (χ2n) is 6.34. The summed E-state index contributed by atoms with van der Waals surface area (Å²) in [5.41, 5.74) is 1.51. The van der Waals surface area contributed by atoms with Crippen LogP contribution in [0.5, 0.6) is 11.5 Å². The molecule has 0 saturated heterocycles. The number of benzene rings is 1. The van der Waals surface area contributed by atoms with Gasteiger partial charge < -0.3 is 14.6 Å². The molecule has 0 spiro atoms. The van der Waals surface area contributed by atoms with Crippen LogP contribution in [0.4, 0.5) is 0 Å². The molecule has 27 heavy (non-hydrogen) atoms. The summed E-state index contributed by atoms with van der Waals surface area (Å²) in [5.74, 6) is 0.108. The molecule has 2 aromatic rings. The van der Waals surface area contributed by atoms with Crippen molar-refractivity contribution in [1.82, 2.24) is 4.98 Å². The molecule has 1 aliphatic rings. The molecule has 1 aliphatic carbocycles. The number of nitrogens with zero attached hydrogens (tertiary/aromatic N) is 2. The molecule has 0 aliphatic heterocycles. The minimum Gasteiger partial charge on any atom is -0.491 e. The Morgan fingerprint density at radius 1 is 1.26 bits per heavy atom. The average Bonchev–Trinajstić information content (AvgIpc) is 3.19. The minimum atomic E-state index is -1.04. The topological polar surface area (TPSA) is 92.4 Å². The molecule has 3 rings (SSSR count). The van der Waals surface area contributed by atoms with E-state index in [1.54, 1.807) is 37.6 Å². The van der Waals surface area contributed by atoms with Crippen LogP contribution in [0.2, 0.25) is 0 Å². The van der Waals surface area contributed by atoms with E-state index in [0.717, 1.165) is 25.7 Å². The summed E-state index contributed by atoms with van der Waals surface area (Å²) in [7, 11) is 1.56. The maximum Gasteiger partial charge on any atom is 0.335 e. The van der Waals surface area contributed by atoms with E-state index in [0.29, 0.717) is 28.3 Å². The van der Waals surface area contributed by atoms with Crippen LogP contribution in [-0.2, 0) is 0 Å². The van der Waals surface area contributed by atoms with E-state index in [4.69, 9.17) is 14.6 Å². The van der Waals surface area contributed by atoms with Gasteiger partial charge >= 0.3 is 5.97 Å². The molecule has 0 amide bonds. The van der Waals surface area contributed by atoms with Crippen molar-refractivity contribution in [2.75, 3.05) is 7.11 Å². The molecule has 1 aromatic carbocycles. The summed E-state index contributed by atoms with van der Waals surface area (Å²) in [6.07, 6.45) is 7.69. The van der Waals surface area contributed by atoms with E-state index in [1.807, 2.05) is 0 Å². The number of carboxylic acid groups (broad SMARTS) is 1. The standard InChI is InChI=1S/C21H20N2O4/c1-26-20-13-23-17(11-19(20)27-18-7-2-3-8-18)10-16(12-22)14-5-4-6-15(9-14)21(24)25/h4-6,9-11,13,18H,2-3,7-8H2,1H3,(H,24,25). The van der Waals surface area contributed by atoms with Crippen LogP contribution in [0, 0.1) is 11.3 Å². The van der Waals surface area contributed by atoms with Crippen LogP contribution in [0.1, 0.15) is 47.3 Å². The van der Waals surface area contributed by atoms with Crippen molar-refractivity contribution < 1.29 is 19.4 Å². The summed E-state index contributed by atoms with van der Waals surface area (Å²) < 4.78 is 11.4. The van der Waals surface area contributed by atoms with Crippen LogP contribution in [0.3, 0.4) is 0 Å². The van der Waals surface area contributed by atoms with Gasteiger partial charge in [-0.05, 0) is 49.5 Å². The second kappa shape index (κ2) is 8.37. The normalized spacial score (nSPS) is 14.6. The molecule has 1 aromatic heterocycles. The lowest BCUT2D eigenvalue weighted by Crippen LogP contribution is -2.11. The molecule has 1 fully saturated rings. The van der Waals surface area contributed by atoms with Gasteiger partial charge in [0.05, 0.1) is 42.3 Å². The summed E-state index contributed by atoms with van der Waals surface area (Å²) in [6.45, 7) is 0. The highest BCUT2D eigenvalue weighted by Gasteiger charge is 2.19. The Kier molecular flexibility index (Phi) is 5.72. The monoisotopic (exact) mass is 364 g/mol. The fourth-order valence-electron chi connectivity index (χ4n) is 3.10. The van der Waals surface area contributed by atoms with Gasteiger partial charge in [0.25, 0.3) is 0 Å². The Morgan fingerprint density at radius 3 is 2.67 bits per heavy atom. The molecule has 0 bridgehead atoms. The van der Waals surface area contributed by atoms with Crippen molar-refractivity contribution in [1.29, 1.82) is 5.26 Å². The minimum absolute atomic E-state index is 0.126. The Hall–Kier alpha value is -3.33. The van der Waals surface area contributed by atoms with Crippen LogP contribution in [0.25, 0.3) is 11.6 Å². The number of rotatable bonds is 6. The Bertz CT molecular complexity index is 909. The van der Waals surface area contributed by atoms with Gasteiger partial charge in [0.2, 0.25) is 0 Å². The molecule has 6 heteroatoms. The summed E-state index contributed by atoms with van der Waals surface area (Å²) >= 11 is 0. The van der Waals surface area contributed by atoms with Gasteiger partial charge in [0, 0.05) is 6.07 Å². The van der Waals surface area contributed by atoms with Crippen molar-refractivity contribution in [3.8, 4) is 17.6 Å². The molecule has 0 radical (unpaired) electrons. The zero-order chi connectivity index (χ0) is 19.2. The highest BCUT2D eigenvalue weighted by molar-refractivity contribution is 5.93. The fraction of sp³-hybridized carbons (Fsp3) is 0.286. The van der Waals surface area contributed by atoms with Gasteiger partial charge in [-0.2, -0.15) is 5.26 Å². The Morgan fingerprint density at radius 2 is 2.00 bits per heavy atom. The number of allylic oxidation sites excluding steroid dienone is 1. The lowest BCUT2D eigenvalue weighted by molar-refractivity contribution is 0.0697. The third kappa shape index (κ3) is 4.45. The number of hydrogen-bond acceptors (Lipinski definition) is 5. The third-order valence-corrected chi connectivity index (χ3v) is 4.50. The second-order valence-corrected chi connectivity index (χ2v) is 6.34. The van der Waals surface area contributed by atoms with Crippen molar-refractivity contribution in [3.63, 3.8) is 0 Å². The number of nitriles is 1. The van der Waals surface area contributed by atoms with Crippen LogP contribution in [-0.4, -0.2) is 29.3 Å². The summed E-state index contributed by atoms with van der Waals surface area (Å²) in [4.78, 5) is 15.5. The average molecular weight is 364 g/mol. The number of carboxylic acids is 1. The number of aromatic nitrogens is 1. The lowest BCUT2D eigenvalue weighted by Gasteiger charge is -2.16. The smallest absolute Gasteiger partial charge is 0.335 e. The first kappa shape index (κ1) is 18.5. The van der Waals surface area contributed by atoms with Crippen molar-refractivity contribution in [2.24, 2.45) is 0 Å². The first-order valence-corrected chi connectivity index (χ1v) is 8.77. The summed E-state index contributed by atoms with van der Waals surface area (Å²) in [6, 6.07) is 10.1. The first-order chi connectivity index (χ1) is 13.1. The molecule has 1 heterocycles. The summed E-state index contributed by atoms with van der Waals surface area (Å²) in [5, 5.41) is 18.7. The van der Waals surface area contributed by atoms with Gasteiger partial charge in [0.1, 0.15) is 0 Å². The van der Waals surface area contributed by atoms with Crippen LogP contribution in [0.15, 0.2) is 36.5 Å². The van der Waals surface area contributed by atoms with E-state index in [2.05, 4.69) is 11.1 Å². The van der Waals surface area contributed by atoms with Crippen molar-refractivity contribution in [3.05, 3.63) is 53.3 Å². The molecule has 0 unspecified atom stereocenters. The number of pyridine rings is 1. The number of hydrogen-bond donors (Lipinski definition) is 1. The lowest BCUT2D eigenvalue weighted by atomic mass is 10.0. The van der Waals surface area contributed by atoms with Crippen LogP contribution >= 0.6 is 0 Å². The van der Waals surface area contributed by atoms with Crippen molar-refractivity contribution >= 4 is 17.6 Å². The zero-order valence-electron chi connectivity index (χ0n) is 15.0. The number of methoxy groups -OCH3 is 1. The molecule has 1 N–H and O–H groups in total. The van der Waals surface area contributed by atoms with E-state index < -0.39 is 5.97 Å². The highest BCUT2D eigenvalue weighted by Crippen LogP contribution is 2.32. The van der Waals surface area contributed by atoms with Crippen molar-refractivity contribution in [2.45, 2.75) is 31.8 Å². The van der Waals surface area contributed by atoms with E-state index in [9.17, 15) is 10.1 Å². The van der Waals surface area contributed by atoms with E-state index in [1.165, 1.54) is 12.1 Å². The van der Waals surface area contributed by atoms with Gasteiger partial charge in [-0.25, -0.2) is 4.79 Å². The Balaban J connectivity index is 1.93. The van der Waals surface area contributed by atoms with Gasteiger partial charge in [0.15, 0.2) is 11.5 Å². The first-order valence-electron chi connectivity index (χ1n) is 8.77. The zero-order valence-corrected chi connectivity index (χ0v) is 15.0. The molecular formula is C21H20N2O4. The molecule has 1 saturated carbocycles. The number of ether oxygens (including phenoxy) is 2.